The van der Waals surface area contributed by atoms with E-state index in [-0.39, 0.29) is 0 Å². The minimum Gasteiger partial charge on any atom is -0.339 e. The van der Waals surface area contributed by atoms with Gasteiger partial charge in [0.2, 0.25) is 5.89 Å². The van der Waals surface area contributed by atoms with E-state index in [9.17, 15) is 0 Å². The monoisotopic (exact) mass is 249 g/mol. The van der Waals surface area contributed by atoms with Crippen LogP contribution in [0.25, 0.3) is 0 Å². The third-order valence-corrected chi connectivity index (χ3v) is 4.41. The summed E-state index contributed by atoms with van der Waals surface area (Å²) in [5, 5.41) is 3.90. The highest BCUT2D eigenvalue weighted by molar-refractivity contribution is 4.98. The minimum atomic E-state index is 0.467. The molecular weight excluding hydrogens is 226 g/mol. The topological polar surface area (TPSA) is 42.2 Å². The molecule has 0 aromatic carbocycles. The molecule has 4 nitrogen and oxygen atoms in total. The minimum absolute atomic E-state index is 0.467. The van der Waals surface area contributed by atoms with Gasteiger partial charge in [-0.3, -0.25) is 0 Å². The average Bonchev–Trinajstić information content (AvgIpc) is 2.99. The Morgan fingerprint density at radius 1 is 1.22 bits per heavy atom. The number of hydrogen-bond acceptors (Lipinski definition) is 4. The smallest absolute Gasteiger partial charge is 0.231 e. The Morgan fingerprint density at radius 3 is 2.78 bits per heavy atom. The molecule has 100 valence electrons. The second-order valence-corrected chi connectivity index (χ2v) is 5.93. The van der Waals surface area contributed by atoms with E-state index in [0.717, 1.165) is 24.2 Å². The molecule has 0 spiro atoms. The average molecular weight is 249 g/mol. The molecule has 3 rings (SSSR count). The van der Waals surface area contributed by atoms with E-state index in [4.69, 9.17) is 4.52 Å². The Labute approximate surface area is 109 Å². The van der Waals surface area contributed by atoms with Crippen LogP contribution in [-0.4, -0.2) is 34.7 Å². The lowest BCUT2D eigenvalue weighted by Crippen LogP contribution is -2.28. The maximum atomic E-state index is 5.30. The molecule has 0 unspecified atom stereocenters. The summed E-state index contributed by atoms with van der Waals surface area (Å²) in [5.41, 5.74) is 0. The lowest BCUT2D eigenvalue weighted by molar-refractivity contribution is 0.229. The molecule has 1 saturated heterocycles. The summed E-state index contributed by atoms with van der Waals surface area (Å²) in [4.78, 5) is 6.97. The van der Waals surface area contributed by atoms with E-state index in [0.29, 0.717) is 5.92 Å². The maximum absolute atomic E-state index is 5.30. The second-order valence-electron chi connectivity index (χ2n) is 5.93. The summed E-state index contributed by atoms with van der Waals surface area (Å²) in [6.07, 6.45) is 8.35. The third-order valence-electron chi connectivity index (χ3n) is 4.41. The molecule has 1 aromatic rings. The molecule has 0 radical (unpaired) electrons. The van der Waals surface area contributed by atoms with E-state index in [1.54, 1.807) is 0 Å². The number of nitrogens with zero attached hydrogens (tertiary/aromatic N) is 3. The van der Waals surface area contributed by atoms with Crippen molar-refractivity contribution in [3.8, 4) is 0 Å². The molecule has 2 fully saturated rings. The van der Waals surface area contributed by atoms with Gasteiger partial charge >= 0.3 is 0 Å². The zero-order valence-corrected chi connectivity index (χ0v) is 11.3. The van der Waals surface area contributed by atoms with Crippen LogP contribution in [0, 0.1) is 12.8 Å². The van der Waals surface area contributed by atoms with Crippen molar-refractivity contribution in [2.24, 2.45) is 5.92 Å². The fourth-order valence-corrected chi connectivity index (χ4v) is 3.41. The predicted octanol–water partition coefficient (Wildman–Crippen LogP) is 2.75. The van der Waals surface area contributed by atoms with Crippen molar-refractivity contribution in [1.29, 1.82) is 0 Å². The highest BCUT2D eigenvalue weighted by Crippen LogP contribution is 2.29. The highest BCUT2D eigenvalue weighted by Gasteiger charge is 2.29. The van der Waals surface area contributed by atoms with Crippen LogP contribution in [-0.2, 0) is 0 Å². The van der Waals surface area contributed by atoms with Crippen molar-refractivity contribution < 1.29 is 4.52 Å². The molecule has 0 N–H and O–H groups in total. The van der Waals surface area contributed by atoms with Crippen molar-refractivity contribution in [3.63, 3.8) is 0 Å². The van der Waals surface area contributed by atoms with Gasteiger partial charge in [0.15, 0.2) is 5.82 Å². The lowest BCUT2D eigenvalue weighted by Gasteiger charge is -2.26. The molecule has 1 atom stereocenters. The third kappa shape index (κ3) is 2.74. The molecule has 0 bridgehead atoms. The van der Waals surface area contributed by atoms with Gasteiger partial charge in [-0.2, -0.15) is 4.98 Å². The Hall–Kier alpha value is -0.900. The summed E-state index contributed by atoms with van der Waals surface area (Å²) in [7, 11) is 0. The van der Waals surface area contributed by atoms with Gasteiger partial charge in [0, 0.05) is 13.1 Å². The van der Waals surface area contributed by atoms with Gasteiger partial charge in [0.25, 0.3) is 0 Å². The second kappa shape index (κ2) is 5.39. The molecule has 1 aliphatic heterocycles. The van der Waals surface area contributed by atoms with Crippen molar-refractivity contribution in [2.45, 2.75) is 51.4 Å². The van der Waals surface area contributed by atoms with Gasteiger partial charge in [-0.1, -0.05) is 24.4 Å². The fourth-order valence-electron chi connectivity index (χ4n) is 3.41. The van der Waals surface area contributed by atoms with E-state index >= 15 is 0 Å². The van der Waals surface area contributed by atoms with Crippen molar-refractivity contribution >= 4 is 0 Å². The highest BCUT2D eigenvalue weighted by atomic mass is 16.5. The summed E-state index contributed by atoms with van der Waals surface area (Å²) in [6.45, 7) is 5.48. The first kappa shape index (κ1) is 12.2. The zero-order chi connectivity index (χ0) is 12.4. The SMILES string of the molecule is Cc1noc([C@@H]2CCN(CC3CCCCC3)C2)n1. The summed E-state index contributed by atoms with van der Waals surface area (Å²) in [6, 6.07) is 0. The summed E-state index contributed by atoms with van der Waals surface area (Å²) in [5.74, 6) is 3.01. The van der Waals surface area contributed by atoms with E-state index in [1.165, 1.54) is 51.6 Å². The number of rotatable bonds is 3. The van der Waals surface area contributed by atoms with Crippen LogP contribution < -0.4 is 0 Å². The standard InChI is InChI=1S/C14H23N3O/c1-11-15-14(18-16-11)13-7-8-17(10-13)9-12-5-3-2-4-6-12/h12-13H,2-10H2,1H3/t13-/m1/s1. The van der Waals surface area contributed by atoms with E-state index < -0.39 is 0 Å². The van der Waals surface area contributed by atoms with Crippen LogP contribution >= 0.6 is 0 Å². The van der Waals surface area contributed by atoms with Crippen molar-refractivity contribution in [3.05, 3.63) is 11.7 Å². The fraction of sp³-hybridized carbons (Fsp3) is 0.857. The van der Waals surface area contributed by atoms with Gasteiger partial charge in [0.05, 0.1) is 5.92 Å². The maximum Gasteiger partial charge on any atom is 0.231 e. The molecule has 1 saturated carbocycles. The van der Waals surface area contributed by atoms with E-state index in [1.807, 2.05) is 6.92 Å². The van der Waals surface area contributed by atoms with Crippen molar-refractivity contribution in [1.82, 2.24) is 15.0 Å². The zero-order valence-electron chi connectivity index (χ0n) is 11.3. The molecular formula is C14H23N3O. The van der Waals surface area contributed by atoms with Gasteiger partial charge in [-0.15, -0.1) is 0 Å². The summed E-state index contributed by atoms with van der Waals surface area (Å²) < 4.78 is 5.30. The lowest BCUT2D eigenvalue weighted by atomic mass is 9.89. The largest absolute Gasteiger partial charge is 0.339 e. The van der Waals surface area contributed by atoms with Gasteiger partial charge in [0.1, 0.15) is 0 Å². The number of likely N-dealkylation sites (tertiary alicyclic amines) is 1. The number of aryl methyl sites for hydroxylation is 1. The molecule has 2 heterocycles. The first-order valence-electron chi connectivity index (χ1n) is 7.34. The number of aromatic nitrogens is 2. The molecule has 2 aliphatic rings. The summed E-state index contributed by atoms with van der Waals surface area (Å²) >= 11 is 0. The van der Waals surface area contributed by atoms with Crippen LogP contribution in [0.15, 0.2) is 4.52 Å². The molecule has 18 heavy (non-hydrogen) atoms. The molecule has 1 aromatic heterocycles. The number of hydrogen-bond donors (Lipinski definition) is 0. The van der Waals surface area contributed by atoms with Crippen LogP contribution in [0.3, 0.4) is 0 Å². The van der Waals surface area contributed by atoms with Crippen LogP contribution in [0.1, 0.15) is 56.2 Å². The first-order valence-corrected chi connectivity index (χ1v) is 7.34. The van der Waals surface area contributed by atoms with Crippen molar-refractivity contribution in [2.75, 3.05) is 19.6 Å². The van der Waals surface area contributed by atoms with Crippen LogP contribution in [0.5, 0.6) is 0 Å². The molecule has 1 aliphatic carbocycles. The quantitative estimate of drug-likeness (QED) is 0.826. The molecule has 0 amide bonds. The van der Waals surface area contributed by atoms with Gasteiger partial charge in [-0.05, 0) is 38.6 Å². The van der Waals surface area contributed by atoms with Crippen LogP contribution in [0.4, 0.5) is 0 Å². The first-order chi connectivity index (χ1) is 8.81. The van der Waals surface area contributed by atoms with Gasteiger partial charge in [-0.25, -0.2) is 0 Å². The Bertz CT molecular complexity index is 384. The molecule has 4 heteroatoms. The Balaban J connectivity index is 1.51. The van der Waals surface area contributed by atoms with Crippen LogP contribution in [0.2, 0.25) is 0 Å². The van der Waals surface area contributed by atoms with Gasteiger partial charge < -0.3 is 9.42 Å². The van der Waals surface area contributed by atoms with E-state index in [2.05, 4.69) is 15.0 Å². The Morgan fingerprint density at radius 2 is 2.06 bits per heavy atom. The Kier molecular flexibility index (Phi) is 3.64. The normalized spacial score (nSPS) is 26.8. The predicted molar refractivity (Wildman–Crippen MR) is 69.4 cm³/mol.